The van der Waals surface area contributed by atoms with Gasteiger partial charge < -0.3 is 5.11 Å². The molecule has 0 saturated carbocycles. The smallest absolute Gasteiger partial charge is 0.129 e. The van der Waals surface area contributed by atoms with Crippen LogP contribution < -0.4 is 0 Å². The fourth-order valence-corrected chi connectivity index (χ4v) is 2.68. The minimum atomic E-state index is -0.174. The Labute approximate surface area is 111 Å². The van der Waals surface area contributed by atoms with Gasteiger partial charge in [-0.2, -0.15) is 0 Å². The Bertz CT molecular complexity index is 573. The zero-order valence-electron chi connectivity index (χ0n) is 10.0. The van der Waals surface area contributed by atoms with Gasteiger partial charge >= 0.3 is 0 Å². The molecule has 1 N–H and O–H groups in total. The van der Waals surface area contributed by atoms with Crippen molar-refractivity contribution in [1.29, 1.82) is 0 Å². The predicted octanol–water partition coefficient (Wildman–Crippen LogP) is 2.45. The number of aliphatic hydroxyl groups excluding tert-OH is 1. The minimum Gasteiger partial charge on any atom is -0.392 e. The van der Waals surface area contributed by atoms with E-state index in [9.17, 15) is 5.11 Å². The number of hydrogen-bond donors (Lipinski definition) is 1. The Kier molecular flexibility index (Phi) is 3.20. The molecule has 1 fully saturated rings. The third-order valence-electron chi connectivity index (χ3n) is 3.43. The molecule has 0 spiro atoms. The largest absolute Gasteiger partial charge is 0.392 e. The van der Waals surface area contributed by atoms with Gasteiger partial charge in [-0.3, -0.25) is 4.90 Å². The lowest BCUT2D eigenvalue weighted by molar-refractivity contribution is 0.175. The van der Waals surface area contributed by atoms with Crippen molar-refractivity contribution in [3.05, 3.63) is 41.0 Å². The number of aliphatic hydroxyl groups is 1. The zero-order chi connectivity index (χ0) is 12.5. The van der Waals surface area contributed by atoms with E-state index in [0.717, 1.165) is 37.0 Å². The molecule has 94 valence electrons. The molecule has 0 aliphatic carbocycles. The predicted molar refractivity (Wildman–Crippen MR) is 72.7 cm³/mol. The second-order valence-corrected chi connectivity index (χ2v) is 5.18. The van der Waals surface area contributed by atoms with Gasteiger partial charge in [0.2, 0.25) is 0 Å². The molecule has 0 radical (unpaired) electrons. The first-order valence-corrected chi connectivity index (χ1v) is 6.55. The highest BCUT2D eigenvalue weighted by Gasteiger charge is 2.20. The van der Waals surface area contributed by atoms with Gasteiger partial charge in [-0.15, -0.1) is 0 Å². The summed E-state index contributed by atoms with van der Waals surface area (Å²) in [7, 11) is 0. The summed E-state index contributed by atoms with van der Waals surface area (Å²) in [5.41, 5.74) is 2.17. The molecule has 2 heterocycles. The number of hydrogen-bond acceptors (Lipinski definition) is 3. The number of β-amino-alcohol motifs (C(OH)–C–C–N with tert-alkyl or cyclic N) is 1. The number of benzene rings is 1. The summed E-state index contributed by atoms with van der Waals surface area (Å²) in [6, 6.07) is 9.94. The summed E-state index contributed by atoms with van der Waals surface area (Å²) in [4.78, 5) is 6.60. The molecule has 3 rings (SSSR count). The van der Waals surface area contributed by atoms with Crippen molar-refractivity contribution in [2.24, 2.45) is 0 Å². The highest BCUT2D eigenvalue weighted by Crippen LogP contribution is 2.22. The van der Waals surface area contributed by atoms with Crippen molar-refractivity contribution in [2.75, 3.05) is 13.1 Å². The van der Waals surface area contributed by atoms with Crippen molar-refractivity contribution >= 4 is 22.5 Å². The SMILES string of the molecule is O[C@@H]1CCN(Cc2cccc3nc(Cl)ccc23)C1. The average Bonchev–Trinajstić information content (AvgIpc) is 2.75. The zero-order valence-corrected chi connectivity index (χ0v) is 10.8. The van der Waals surface area contributed by atoms with Gasteiger partial charge in [-0.1, -0.05) is 23.7 Å². The van der Waals surface area contributed by atoms with E-state index >= 15 is 0 Å². The lowest BCUT2D eigenvalue weighted by Gasteiger charge is -2.16. The number of fused-ring (bicyclic) bond motifs is 1. The second kappa shape index (κ2) is 4.84. The molecule has 4 heteroatoms. The van der Waals surface area contributed by atoms with E-state index in [1.165, 1.54) is 5.56 Å². The van der Waals surface area contributed by atoms with Gasteiger partial charge in [0.05, 0.1) is 11.6 Å². The van der Waals surface area contributed by atoms with Crippen molar-refractivity contribution in [3.63, 3.8) is 0 Å². The second-order valence-electron chi connectivity index (χ2n) is 4.80. The summed E-state index contributed by atoms with van der Waals surface area (Å²) in [6.07, 6.45) is 0.696. The number of halogens is 1. The molecule has 3 nitrogen and oxygen atoms in total. The molecule has 1 aliphatic rings. The molecule has 0 unspecified atom stereocenters. The average molecular weight is 263 g/mol. The van der Waals surface area contributed by atoms with Crippen LogP contribution in [-0.4, -0.2) is 34.2 Å². The van der Waals surface area contributed by atoms with Gasteiger partial charge in [0.25, 0.3) is 0 Å². The standard InChI is InChI=1S/C14H15ClN2O/c15-14-5-4-12-10(2-1-3-13(12)16-14)8-17-7-6-11(18)9-17/h1-5,11,18H,6-9H2/t11-/m1/s1. The van der Waals surface area contributed by atoms with E-state index in [2.05, 4.69) is 16.0 Å². The van der Waals surface area contributed by atoms with Crippen LogP contribution in [0.4, 0.5) is 0 Å². The minimum absolute atomic E-state index is 0.174. The third-order valence-corrected chi connectivity index (χ3v) is 3.64. The van der Waals surface area contributed by atoms with Gasteiger partial charge in [0, 0.05) is 25.0 Å². The Morgan fingerprint density at radius 2 is 2.22 bits per heavy atom. The molecule has 0 bridgehead atoms. The first-order chi connectivity index (χ1) is 8.72. The highest BCUT2D eigenvalue weighted by molar-refractivity contribution is 6.29. The summed E-state index contributed by atoms with van der Waals surface area (Å²) < 4.78 is 0. The Hall–Kier alpha value is -1.16. The molecule has 0 amide bonds. The summed E-state index contributed by atoms with van der Waals surface area (Å²) in [5.74, 6) is 0. The van der Waals surface area contributed by atoms with Crippen LogP contribution in [0.15, 0.2) is 30.3 Å². The maximum atomic E-state index is 9.56. The number of rotatable bonds is 2. The third kappa shape index (κ3) is 2.34. The molecule has 1 aromatic carbocycles. The number of likely N-dealkylation sites (tertiary alicyclic amines) is 1. The van der Waals surface area contributed by atoms with Gasteiger partial charge in [-0.05, 0) is 30.2 Å². The van der Waals surface area contributed by atoms with E-state index < -0.39 is 0 Å². The monoisotopic (exact) mass is 262 g/mol. The lowest BCUT2D eigenvalue weighted by Crippen LogP contribution is -2.21. The van der Waals surface area contributed by atoms with Crippen LogP contribution >= 0.6 is 11.6 Å². The van der Waals surface area contributed by atoms with Crippen molar-refractivity contribution < 1.29 is 5.11 Å². The molecule has 1 aromatic heterocycles. The Morgan fingerprint density at radius 1 is 1.33 bits per heavy atom. The van der Waals surface area contributed by atoms with Crippen LogP contribution in [0, 0.1) is 0 Å². The number of aromatic nitrogens is 1. The summed E-state index contributed by atoms with van der Waals surface area (Å²) in [5, 5.41) is 11.2. The van der Waals surface area contributed by atoms with Gasteiger partial charge in [-0.25, -0.2) is 4.98 Å². The van der Waals surface area contributed by atoms with Crippen molar-refractivity contribution in [1.82, 2.24) is 9.88 Å². The highest BCUT2D eigenvalue weighted by atomic mass is 35.5. The van der Waals surface area contributed by atoms with E-state index in [1.54, 1.807) is 0 Å². The molecule has 18 heavy (non-hydrogen) atoms. The van der Waals surface area contributed by atoms with Gasteiger partial charge in [0.15, 0.2) is 0 Å². The van der Waals surface area contributed by atoms with Crippen LogP contribution in [0.5, 0.6) is 0 Å². The molecule has 1 aliphatic heterocycles. The number of pyridine rings is 1. The van der Waals surface area contributed by atoms with E-state index in [-0.39, 0.29) is 6.10 Å². The summed E-state index contributed by atoms with van der Waals surface area (Å²) >= 11 is 5.91. The normalized spacial score (nSPS) is 20.7. The molecule has 1 saturated heterocycles. The maximum Gasteiger partial charge on any atom is 0.129 e. The van der Waals surface area contributed by atoms with Crippen LogP contribution in [0.25, 0.3) is 10.9 Å². The first-order valence-electron chi connectivity index (χ1n) is 6.17. The maximum absolute atomic E-state index is 9.56. The van der Waals surface area contributed by atoms with E-state index in [1.807, 2.05) is 24.3 Å². The molecular formula is C14H15ClN2O. The van der Waals surface area contributed by atoms with Crippen LogP contribution in [-0.2, 0) is 6.54 Å². The fourth-order valence-electron chi connectivity index (χ4n) is 2.53. The molecule has 2 aromatic rings. The van der Waals surface area contributed by atoms with E-state index in [0.29, 0.717) is 5.15 Å². The van der Waals surface area contributed by atoms with Crippen LogP contribution in [0.1, 0.15) is 12.0 Å². The van der Waals surface area contributed by atoms with Gasteiger partial charge in [0.1, 0.15) is 5.15 Å². The Morgan fingerprint density at radius 3 is 3.00 bits per heavy atom. The first kappa shape index (κ1) is 11.9. The topological polar surface area (TPSA) is 36.4 Å². The van der Waals surface area contributed by atoms with Crippen molar-refractivity contribution in [3.8, 4) is 0 Å². The van der Waals surface area contributed by atoms with Crippen LogP contribution in [0.2, 0.25) is 5.15 Å². The van der Waals surface area contributed by atoms with E-state index in [4.69, 9.17) is 11.6 Å². The quantitative estimate of drug-likeness (QED) is 0.845. The lowest BCUT2D eigenvalue weighted by atomic mass is 10.1. The van der Waals surface area contributed by atoms with Crippen LogP contribution in [0.3, 0.4) is 0 Å². The number of nitrogens with zero attached hydrogens (tertiary/aromatic N) is 2. The fraction of sp³-hybridized carbons (Fsp3) is 0.357. The molecule has 1 atom stereocenters. The summed E-state index contributed by atoms with van der Waals surface area (Å²) in [6.45, 7) is 2.58. The van der Waals surface area contributed by atoms with Crippen molar-refractivity contribution in [2.45, 2.75) is 19.1 Å². The molecular weight excluding hydrogens is 248 g/mol. The Balaban J connectivity index is 1.92.